The van der Waals surface area contributed by atoms with Crippen molar-refractivity contribution in [3.63, 3.8) is 0 Å². The smallest absolute Gasteiger partial charge is 0.257 e. The van der Waals surface area contributed by atoms with Crippen LogP contribution in [0.25, 0.3) is 0 Å². The second-order valence-electron chi connectivity index (χ2n) is 4.80. The van der Waals surface area contributed by atoms with Gasteiger partial charge < -0.3 is 10.2 Å². The summed E-state index contributed by atoms with van der Waals surface area (Å²) in [5.74, 6) is 1.33. The first kappa shape index (κ1) is 11.9. The van der Waals surface area contributed by atoms with E-state index in [0.717, 1.165) is 13.0 Å². The van der Waals surface area contributed by atoms with Gasteiger partial charge in [-0.2, -0.15) is 0 Å². The minimum Gasteiger partial charge on any atom is -0.372 e. The summed E-state index contributed by atoms with van der Waals surface area (Å²) in [5.41, 5.74) is 0.663. The zero-order valence-electron chi connectivity index (χ0n) is 10.6. The monoisotopic (exact) mass is 233 g/mol. The van der Waals surface area contributed by atoms with Crippen LogP contribution >= 0.6 is 0 Å². The third-order valence-electron chi connectivity index (χ3n) is 3.32. The Morgan fingerprint density at radius 1 is 1.53 bits per heavy atom. The zero-order valence-corrected chi connectivity index (χ0v) is 10.6. The van der Waals surface area contributed by atoms with Crippen LogP contribution in [-0.4, -0.2) is 35.4 Å². The predicted molar refractivity (Wildman–Crippen MR) is 68.1 cm³/mol. The first-order valence-corrected chi connectivity index (χ1v) is 6.07. The Kier molecular flexibility index (Phi) is 3.31. The molecule has 0 radical (unpaired) electrons. The van der Waals surface area contributed by atoms with Crippen LogP contribution in [0.5, 0.6) is 0 Å². The average molecular weight is 233 g/mol. The van der Waals surface area contributed by atoms with Crippen molar-refractivity contribution in [2.24, 2.45) is 5.92 Å². The highest BCUT2D eigenvalue weighted by Crippen LogP contribution is 2.25. The van der Waals surface area contributed by atoms with Gasteiger partial charge in [0.1, 0.15) is 5.82 Å². The lowest BCUT2D eigenvalue weighted by molar-refractivity contribution is 0.0744. The summed E-state index contributed by atoms with van der Waals surface area (Å²) < 4.78 is 0. The maximum absolute atomic E-state index is 12.4. The van der Waals surface area contributed by atoms with Crippen LogP contribution in [-0.2, 0) is 0 Å². The van der Waals surface area contributed by atoms with Crippen molar-refractivity contribution >= 4 is 11.7 Å². The number of carbonyl (C=O) groups is 1. The SMILES string of the molecule is CNc1ncccc1C(=O)N1CC(C)CC1C. The fourth-order valence-corrected chi connectivity index (χ4v) is 2.51. The molecule has 92 valence electrons. The molecule has 2 heterocycles. The summed E-state index contributed by atoms with van der Waals surface area (Å²) in [5, 5.41) is 2.97. The van der Waals surface area contributed by atoms with Crippen molar-refractivity contribution in [3.8, 4) is 0 Å². The van der Waals surface area contributed by atoms with Crippen LogP contribution in [0.3, 0.4) is 0 Å². The number of aromatic nitrogens is 1. The summed E-state index contributed by atoms with van der Waals surface area (Å²) in [6.07, 6.45) is 2.78. The van der Waals surface area contributed by atoms with Gasteiger partial charge in [0.15, 0.2) is 0 Å². The maximum Gasteiger partial charge on any atom is 0.257 e. The van der Waals surface area contributed by atoms with Crippen molar-refractivity contribution < 1.29 is 4.79 Å². The standard InChI is InChI=1S/C13H19N3O/c1-9-7-10(2)16(8-9)13(17)11-5-4-6-15-12(11)14-3/h4-6,9-10H,7-8H2,1-3H3,(H,14,15). The van der Waals surface area contributed by atoms with Crippen LogP contribution in [0, 0.1) is 5.92 Å². The topological polar surface area (TPSA) is 45.2 Å². The average Bonchev–Trinajstić information content (AvgIpc) is 2.67. The van der Waals surface area contributed by atoms with Gasteiger partial charge in [-0.3, -0.25) is 4.79 Å². The Morgan fingerprint density at radius 3 is 2.88 bits per heavy atom. The molecule has 1 aromatic rings. The zero-order chi connectivity index (χ0) is 12.4. The maximum atomic E-state index is 12.4. The summed E-state index contributed by atoms with van der Waals surface area (Å²) >= 11 is 0. The summed E-state index contributed by atoms with van der Waals surface area (Å²) in [6.45, 7) is 5.14. The van der Waals surface area contributed by atoms with E-state index in [1.807, 2.05) is 11.0 Å². The molecule has 1 saturated heterocycles. The van der Waals surface area contributed by atoms with Crippen molar-refractivity contribution in [2.75, 3.05) is 18.9 Å². The van der Waals surface area contributed by atoms with E-state index in [2.05, 4.69) is 24.1 Å². The fraction of sp³-hybridized carbons (Fsp3) is 0.538. The number of rotatable bonds is 2. The lowest BCUT2D eigenvalue weighted by Gasteiger charge is -2.22. The number of nitrogens with one attached hydrogen (secondary N) is 1. The summed E-state index contributed by atoms with van der Waals surface area (Å²) in [7, 11) is 1.79. The molecule has 0 bridgehead atoms. The van der Waals surface area contributed by atoms with Gasteiger partial charge in [0.25, 0.3) is 5.91 Å². The van der Waals surface area contributed by atoms with Gasteiger partial charge in [-0.05, 0) is 31.4 Å². The van der Waals surface area contributed by atoms with Gasteiger partial charge in [-0.15, -0.1) is 0 Å². The molecule has 0 spiro atoms. The van der Waals surface area contributed by atoms with Crippen molar-refractivity contribution in [2.45, 2.75) is 26.3 Å². The van der Waals surface area contributed by atoms with E-state index in [1.165, 1.54) is 0 Å². The van der Waals surface area contributed by atoms with Gasteiger partial charge in [0.05, 0.1) is 5.56 Å². The Labute approximate surface area is 102 Å². The first-order valence-electron chi connectivity index (χ1n) is 6.07. The van der Waals surface area contributed by atoms with E-state index in [-0.39, 0.29) is 5.91 Å². The third kappa shape index (κ3) is 2.25. The number of carbonyl (C=O) groups excluding carboxylic acids is 1. The number of anilines is 1. The molecule has 17 heavy (non-hydrogen) atoms. The summed E-state index contributed by atoms with van der Waals surface area (Å²) in [6, 6.07) is 3.96. The lowest BCUT2D eigenvalue weighted by Crippen LogP contribution is -2.34. The minimum absolute atomic E-state index is 0.0827. The van der Waals surface area contributed by atoms with Crippen molar-refractivity contribution in [1.29, 1.82) is 0 Å². The minimum atomic E-state index is 0.0827. The molecule has 1 amide bonds. The van der Waals surface area contributed by atoms with Crippen molar-refractivity contribution in [1.82, 2.24) is 9.88 Å². The Morgan fingerprint density at radius 2 is 2.29 bits per heavy atom. The van der Waals surface area contributed by atoms with Gasteiger partial charge in [-0.25, -0.2) is 4.98 Å². The van der Waals surface area contributed by atoms with Crippen molar-refractivity contribution in [3.05, 3.63) is 23.9 Å². The molecular formula is C13H19N3O. The molecule has 4 heteroatoms. The normalized spacial score (nSPS) is 23.8. The molecule has 1 aliphatic rings. The van der Waals surface area contributed by atoms with E-state index >= 15 is 0 Å². The molecular weight excluding hydrogens is 214 g/mol. The fourth-order valence-electron chi connectivity index (χ4n) is 2.51. The quantitative estimate of drug-likeness (QED) is 0.849. The molecule has 2 unspecified atom stereocenters. The highest BCUT2D eigenvalue weighted by molar-refractivity contribution is 5.99. The van der Waals surface area contributed by atoms with Gasteiger partial charge >= 0.3 is 0 Å². The molecule has 1 aromatic heterocycles. The second-order valence-corrected chi connectivity index (χ2v) is 4.80. The van der Waals surface area contributed by atoms with E-state index in [1.54, 1.807) is 19.3 Å². The highest BCUT2D eigenvalue weighted by atomic mass is 16.2. The molecule has 0 aromatic carbocycles. The molecule has 0 aliphatic carbocycles. The molecule has 2 atom stereocenters. The largest absolute Gasteiger partial charge is 0.372 e. The molecule has 2 rings (SSSR count). The van der Waals surface area contributed by atoms with Crippen LogP contribution < -0.4 is 5.32 Å². The van der Waals surface area contributed by atoms with E-state index in [4.69, 9.17) is 0 Å². The van der Waals surface area contributed by atoms with E-state index in [9.17, 15) is 4.79 Å². The Hall–Kier alpha value is -1.58. The van der Waals surface area contributed by atoms with Crippen LogP contribution in [0.2, 0.25) is 0 Å². The third-order valence-corrected chi connectivity index (χ3v) is 3.32. The first-order chi connectivity index (χ1) is 8.13. The predicted octanol–water partition coefficient (Wildman–Crippen LogP) is 1.99. The van der Waals surface area contributed by atoms with Crippen LogP contribution in [0.15, 0.2) is 18.3 Å². The Balaban J connectivity index is 2.25. The number of hydrogen-bond donors (Lipinski definition) is 1. The number of hydrogen-bond acceptors (Lipinski definition) is 3. The summed E-state index contributed by atoms with van der Waals surface area (Å²) in [4.78, 5) is 18.6. The molecule has 0 saturated carbocycles. The molecule has 1 aliphatic heterocycles. The van der Waals surface area contributed by atoms with E-state index in [0.29, 0.717) is 23.3 Å². The molecule has 4 nitrogen and oxygen atoms in total. The van der Waals surface area contributed by atoms with Crippen LogP contribution in [0.1, 0.15) is 30.6 Å². The highest BCUT2D eigenvalue weighted by Gasteiger charge is 2.31. The van der Waals surface area contributed by atoms with Gasteiger partial charge in [0.2, 0.25) is 0 Å². The Bertz CT molecular complexity index is 419. The number of likely N-dealkylation sites (tertiary alicyclic amines) is 1. The van der Waals surface area contributed by atoms with E-state index < -0.39 is 0 Å². The van der Waals surface area contributed by atoms with Gasteiger partial charge in [0, 0.05) is 25.8 Å². The lowest BCUT2D eigenvalue weighted by atomic mass is 10.1. The van der Waals surface area contributed by atoms with Crippen LogP contribution in [0.4, 0.5) is 5.82 Å². The number of nitrogens with zero attached hydrogens (tertiary/aromatic N) is 2. The molecule has 1 fully saturated rings. The number of pyridine rings is 1. The number of amides is 1. The van der Waals surface area contributed by atoms with Gasteiger partial charge in [-0.1, -0.05) is 6.92 Å². The second kappa shape index (κ2) is 4.73. The molecule has 1 N–H and O–H groups in total.